The van der Waals surface area contributed by atoms with Gasteiger partial charge in [0.25, 0.3) is 0 Å². The van der Waals surface area contributed by atoms with Gasteiger partial charge in [-0.2, -0.15) is 0 Å². The number of nitrogens with one attached hydrogen (secondary N) is 1. The summed E-state index contributed by atoms with van der Waals surface area (Å²) in [7, 11) is 0. The molecule has 10 nitrogen and oxygen atoms in total. The maximum absolute atomic E-state index is 8.49. The van der Waals surface area contributed by atoms with E-state index in [0.29, 0.717) is 35.7 Å². The van der Waals surface area contributed by atoms with Crippen molar-refractivity contribution >= 4 is 34.1 Å². The summed E-state index contributed by atoms with van der Waals surface area (Å²) < 4.78 is 132. The first-order valence-corrected chi connectivity index (χ1v) is 41.9. The van der Waals surface area contributed by atoms with Crippen LogP contribution in [0.2, 0.25) is 1.41 Å². The lowest BCUT2D eigenvalue weighted by Gasteiger charge is -2.39. The fourth-order valence-corrected chi connectivity index (χ4v) is 20.4. The highest BCUT2D eigenvalue weighted by Crippen LogP contribution is 2.50. The molecule has 5 aliphatic heterocycles. The normalized spacial score (nSPS) is 26.8. The zero-order valence-corrected chi connectivity index (χ0v) is 67.9. The van der Waals surface area contributed by atoms with Gasteiger partial charge in [0.1, 0.15) is 30.8 Å². The molecule has 17 rings (SSSR count). The van der Waals surface area contributed by atoms with E-state index in [-0.39, 0.29) is 6.04 Å². The van der Waals surface area contributed by atoms with Crippen LogP contribution in [0.15, 0.2) is 203 Å². The van der Waals surface area contributed by atoms with Crippen LogP contribution in [0, 0.1) is 46.5 Å². The molecule has 10 heteroatoms. The van der Waals surface area contributed by atoms with Crippen molar-refractivity contribution in [2.24, 2.45) is 11.8 Å². The summed E-state index contributed by atoms with van der Waals surface area (Å²) in [5, 5.41) is 1.09. The maximum Gasteiger partial charge on any atom is 0.162 e. The molecule has 109 heavy (non-hydrogen) atoms. The first-order chi connectivity index (χ1) is 59.2. The monoisotopic (exact) mass is 1480 g/mol. The van der Waals surface area contributed by atoms with Gasteiger partial charge in [-0.15, -0.1) is 0 Å². The van der Waals surface area contributed by atoms with E-state index in [1.165, 1.54) is 132 Å². The Bertz CT molecular complexity index is 4830. The van der Waals surface area contributed by atoms with Gasteiger partial charge in [-0.05, 0) is 258 Å². The lowest BCUT2D eigenvalue weighted by molar-refractivity contribution is 0.183. The quantitative estimate of drug-likeness (QED) is 0.128. The summed E-state index contributed by atoms with van der Waals surface area (Å²) in [6, 6.07) is 51.9. The minimum absolute atomic E-state index is 0.268. The lowest BCUT2D eigenvalue weighted by Crippen LogP contribution is -2.44. The maximum atomic E-state index is 8.49. The summed E-state index contributed by atoms with van der Waals surface area (Å²) in [5.74, 6) is 1.03. The molecule has 6 aromatic carbocycles. The van der Waals surface area contributed by atoms with Gasteiger partial charge < -0.3 is 49.4 Å². The molecule has 5 atom stereocenters. The highest BCUT2D eigenvalue weighted by Gasteiger charge is 2.46. The fourth-order valence-electron chi connectivity index (χ4n) is 20.4. The molecule has 11 aliphatic rings. The highest BCUT2D eigenvalue weighted by atomic mass is 15.5. The van der Waals surface area contributed by atoms with Crippen molar-refractivity contribution in [2.75, 3.05) is 24.5 Å². The average molecular weight is 1480 g/mol. The number of allylic oxidation sites excluding steroid dienone is 9. The summed E-state index contributed by atoms with van der Waals surface area (Å²) in [5.41, 5.74) is 22.3. The standard InChI is InChI=1S/C23H34N2.C23H28N2.C22H32N2.C18H26N2.C13H18N2/c2*1-17-11-7-10-16-22(17)24-18(2)23(20-12-5-4-6-13-20)25(19(24)3)21-14-8-9-15-21;1-16-10-4-9-15-21(16)23-17(2)22(19-11-5-6-12-19)24(18(23)3)20-13-7-8-14-20;1-13-9-5-8-12-18(13)20-15(3)14(2)19(16(20)4)17-10-6-7-11-17;1-9-7-5-6-8-13(9)15-11(3)10(2)14-12(15)4/h7,10-11,16,19-21H,4-6,8-9,12-15H2,1-3H3;4-7,10-13,16,19,21H,8-9,14-15H2,1-3H3;4,9-10,15,18-20H,5-8,11-14H2,1-3H3;5,8-9,12,16-17H,6-7,10-11H2,1-4H3;5-8,12,14H,1-4H3/i3*3D3;2*4D3/hD. The van der Waals surface area contributed by atoms with Gasteiger partial charge in [0.05, 0.1) is 5.70 Å². The molecule has 6 aromatic rings. The van der Waals surface area contributed by atoms with Crippen LogP contribution >= 0.6 is 0 Å². The number of nitrogens with zero attached hydrogens (tertiary/aromatic N) is 9. The van der Waals surface area contributed by atoms with Crippen LogP contribution in [0.4, 0.5) is 28.4 Å². The zero-order chi connectivity index (χ0) is 90.1. The largest absolute Gasteiger partial charge is 0.367 e. The molecule has 584 valence electrons. The van der Waals surface area contributed by atoms with E-state index in [1.54, 1.807) is 11.8 Å². The molecule has 6 aliphatic carbocycles. The van der Waals surface area contributed by atoms with Gasteiger partial charge in [0.2, 0.25) is 0 Å². The number of aryl methyl sites for hydroxylation is 5. The van der Waals surface area contributed by atoms with Gasteiger partial charge in [0.15, 0.2) is 1.41 Å². The number of benzene rings is 6. The molecule has 0 aromatic heterocycles. The average Bonchev–Trinajstić information content (AvgIpc) is 1.58. The molecule has 0 amide bonds. The van der Waals surface area contributed by atoms with Crippen molar-refractivity contribution in [1.29, 1.82) is 0 Å². The number of rotatable bonds is 12. The van der Waals surface area contributed by atoms with Crippen molar-refractivity contribution in [3.63, 3.8) is 0 Å². The predicted octanol–water partition coefficient (Wildman–Crippen LogP) is 25.5. The van der Waals surface area contributed by atoms with E-state index in [2.05, 4.69) is 132 Å². The van der Waals surface area contributed by atoms with E-state index in [9.17, 15) is 0 Å². The molecule has 0 radical (unpaired) electrons. The smallest absolute Gasteiger partial charge is 0.162 e. The van der Waals surface area contributed by atoms with Gasteiger partial charge in [-0.1, -0.05) is 205 Å². The predicted molar refractivity (Wildman–Crippen MR) is 465 cm³/mol. The van der Waals surface area contributed by atoms with Crippen LogP contribution in [0.1, 0.15) is 297 Å². The number of anilines is 5. The van der Waals surface area contributed by atoms with E-state index < -0.39 is 65.1 Å². The highest BCUT2D eigenvalue weighted by molar-refractivity contribution is 5.77. The Balaban J connectivity index is 0.000000135. The first-order valence-electron chi connectivity index (χ1n) is 49.9. The van der Waals surface area contributed by atoms with Crippen LogP contribution in [-0.4, -0.2) is 74.6 Å². The summed E-state index contributed by atoms with van der Waals surface area (Å²) in [6.45, 7) is 13.9. The molecular weight excluding hydrogens is 1330 g/mol. The Morgan fingerprint density at radius 2 is 0.569 bits per heavy atom. The molecule has 1 N–H and O–H groups in total. The molecule has 6 saturated carbocycles. The van der Waals surface area contributed by atoms with Gasteiger partial charge in [0, 0.05) is 136 Å². The molecule has 0 saturated heterocycles. The SMILES string of the molecule is [2H]C([2H])([2H])C1N(c2ccccc2C)C(C)=C(C)N1C1CCCC1.[2H]C([2H])([2H])C1N(c2ccccc2C)C(C)=C(C2CCCC2)N1C1CCCC1.[2H]C([2H])([2H])C1N(c2ccccc2C)C(C)=C(C2CCCCC2)N1C1CCCC1.[2H]C([2H])([2H])C1N(c2ccccc2C)C(C)=C(c2ccccc2)N1C1CCCC1.[2H]N1C(C)=C(C)N(c2ccccc2C)C1C([2H])([2H])[2H]. The molecule has 5 unspecified atom stereocenters. The van der Waals surface area contributed by atoms with Crippen LogP contribution in [0.25, 0.3) is 5.70 Å². The number of hydrogen-bond acceptors (Lipinski definition) is 10. The Hall–Kier alpha value is -7.98. The van der Waals surface area contributed by atoms with Gasteiger partial charge in [-0.3, -0.25) is 0 Å². The topological polar surface area (TPSA) is 41.2 Å². The van der Waals surface area contributed by atoms with E-state index in [1.807, 2.05) is 135 Å². The van der Waals surface area contributed by atoms with Crippen LogP contribution in [-0.2, 0) is 0 Å². The first kappa shape index (κ1) is 60.7. The van der Waals surface area contributed by atoms with Gasteiger partial charge in [-0.25, -0.2) is 0 Å². The third kappa shape index (κ3) is 16.4. The second-order valence-corrected chi connectivity index (χ2v) is 33.1. The van der Waals surface area contributed by atoms with Crippen LogP contribution in [0.5, 0.6) is 0 Å². The summed E-state index contributed by atoms with van der Waals surface area (Å²) in [4.78, 5) is 19.3. The Morgan fingerprint density at radius 1 is 0.275 bits per heavy atom. The molecular formula is C99H138N10. The zero-order valence-electron chi connectivity index (χ0n) is 83.9. The summed E-state index contributed by atoms with van der Waals surface area (Å²) in [6.07, 6.45) is 26.2. The lowest BCUT2D eigenvalue weighted by atomic mass is 9.85. The van der Waals surface area contributed by atoms with E-state index in [0.717, 1.165) is 147 Å². The second-order valence-electron chi connectivity index (χ2n) is 33.1. The third-order valence-electron chi connectivity index (χ3n) is 26.3. The minimum atomic E-state index is -2.25. The van der Waals surface area contributed by atoms with Gasteiger partial charge >= 0.3 is 0 Å². The number of para-hydroxylation sites is 5. The fraction of sp³-hybridized carbons (Fsp3) is 0.535. The molecule has 6 fully saturated rings. The minimum Gasteiger partial charge on any atom is -0.367 e. The van der Waals surface area contributed by atoms with Crippen molar-refractivity contribution in [2.45, 2.75) is 333 Å². The van der Waals surface area contributed by atoms with Crippen molar-refractivity contribution in [1.82, 2.24) is 24.9 Å². The molecule has 5 heterocycles. The van der Waals surface area contributed by atoms with Crippen LogP contribution in [0.3, 0.4) is 0 Å². The molecule has 0 bridgehead atoms. The van der Waals surface area contributed by atoms with E-state index >= 15 is 0 Å². The third-order valence-corrected chi connectivity index (χ3v) is 26.3. The van der Waals surface area contributed by atoms with Crippen molar-refractivity contribution in [3.05, 3.63) is 236 Å². The van der Waals surface area contributed by atoms with Crippen molar-refractivity contribution in [3.8, 4) is 0 Å². The molecule has 0 spiro atoms. The van der Waals surface area contributed by atoms with Crippen LogP contribution < -0.4 is 29.8 Å². The number of hydrogen-bond donors (Lipinski definition) is 1. The van der Waals surface area contributed by atoms with E-state index in [4.69, 9.17) is 22.0 Å². The second kappa shape index (κ2) is 35.6. The Labute approximate surface area is 683 Å². The Morgan fingerprint density at radius 3 is 0.936 bits per heavy atom. The van der Waals surface area contributed by atoms with Crippen molar-refractivity contribution < 1.29 is 22.0 Å². The summed E-state index contributed by atoms with van der Waals surface area (Å²) >= 11 is 0. The Kier molecular flexibility index (Phi) is 19.8.